The van der Waals surface area contributed by atoms with Gasteiger partial charge in [0.1, 0.15) is 6.04 Å². The number of rotatable bonds is 2. The number of aliphatic carboxylic acids is 1. The fraction of sp³-hybridized carbons (Fsp3) is 0.176. The molecule has 2 aromatic rings. The van der Waals surface area contributed by atoms with Crippen molar-refractivity contribution in [1.82, 2.24) is 0 Å². The number of carbonyl (C=O) groups excluding carboxylic acids is 1. The van der Waals surface area contributed by atoms with Gasteiger partial charge >= 0.3 is 5.97 Å². The lowest BCUT2D eigenvalue weighted by Gasteiger charge is -2.34. The number of carboxylic acid groups (broad SMARTS) is 1. The third-order valence-electron chi connectivity index (χ3n) is 3.77. The van der Waals surface area contributed by atoms with E-state index in [-0.39, 0.29) is 5.91 Å². The molecule has 21 heavy (non-hydrogen) atoms. The van der Waals surface area contributed by atoms with Gasteiger partial charge in [-0.05, 0) is 36.6 Å². The molecule has 1 amide bonds. The van der Waals surface area contributed by atoms with E-state index in [1.165, 1.54) is 4.90 Å². The van der Waals surface area contributed by atoms with Gasteiger partial charge in [0, 0.05) is 11.3 Å². The number of anilines is 1. The molecular weight excluding hydrogens is 266 g/mol. The van der Waals surface area contributed by atoms with Crippen molar-refractivity contribution in [2.75, 3.05) is 4.90 Å². The van der Waals surface area contributed by atoms with E-state index in [0.29, 0.717) is 24.1 Å². The number of hydrogen-bond donors (Lipinski definition) is 1. The van der Waals surface area contributed by atoms with E-state index in [0.717, 1.165) is 5.56 Å². The van der Waals surface area contributed by atoms with Gasteiger partial charge in [-0.15, -0.1) is 0 Å². The topological polar surface area (TPSA) is 57.6 Å². The Bertz CT molecular complexity index is 681. The summed E-state index contributed by atoms with van der Waals surface area (Å²) in [5, 5.41) is 9.44. The predicted octanol–water partition coefficient (Wildman–Crippen LogP) is 2.73. The van der Waals surface area contributed by atoms with Crippen LogP contribution < -0.4 is 4.90 Å². The van der Waals surface area contributed by atoms with E-state index >= 15 is 0 Å². The quantitative estimate of drug-likeness (QED) is 0.920. The first-order valence-electron chi connectivity index (χ1n) is 6.88. The summed E-state index contributed by atoms with van der Waals surface area (Å²) in [4.78, 5) is 25.7. The molecule has 1 aliphatic rings. The number of carbonyl (C=O) groups is 2. The molecule has 1 N–H and O–H groups in total. The van der Waals surface area contributed by atoms with E-state index in [1.54, 1.807) is 24.3 Å². The highest BCUT2D eigenvalue weighted by Crippen LogP contribution is 2.32. The molecule has 3 rings (SSSR count). The Hall–Kier alpha value is -2.62. The average molecular weight is 281 g/mol. The second-order valence-electron chi connectivity index (χ2n) is 5.06. The van der Waals surface area contributed by atoms with E-state index in [2.05, 4.69) is 0 Å². The lowest BCUT2D eigenvalue weighted by molar-refractivity contribution is -0.138. The van der Waals surface area contributed by atoms with Crippen LogP contribution in [0.3, 0.4) is 0 Å². The van der Waals surface area contributed by atoms with Gasteiger partial charge in [0.25, 0.3) is 5.91 Å². The molecule has 0 radical (unpaired) electrons. The van der Waals surface area contributed by atoms with Gasteiger partial charge in [0.2, 0.25) is 0 Å². The number of carboxylic acids is 1. The molecule has 4 heteroatoms. The largest absolute Gasteiger partial charge is 0.480 e. The van der Waals surface area contributed by atoms with Gasteiger partial charge in [0.15, 0.2) is 0 Å². The summed E-state index contributed by atoms with van der Waals surface area (Å²) < 4.78 is 0. The summed E-state index contributed by atoms with van der Waals surface area (Å²) in [6.45, 7) is 0. The number of amides is 1. The fourth-order valence-corrected chi connectivity index (χ4v) is 2.75. The SMILES string of the molecule is O=C(O)C1CCc2ccccc2N1C(=O)c1ccccc1. The van der Waals surface area contributed by atoms with Crippen molar-refractivity contribution < 1.29 is 14.7 Å². The van der Waals surface area contributed by atoms with E-state index < -0.39 is 12.0 Å². The van der Waals surface area contributed by atoms with Crippen molar-refractivity contribution in [2.24, 2.45) is 0 Å². The van der Waals surface area contributed by atoms with Crippen LogP contribution in [0, 0.1) is 0 Å². The van der Waals surface area contributed by atoms with Crippen LogP contribution in [0.4, 0.5) is 5.69 Å². The minimum absolute atomic E-state index is 0.268. The maximum atomic E-state index is 12.7. The Balaban J connectivity index is 2.07. The monoisotopic (exact) mass is 281 g/mol. The standard InChI is InChI=1S/C17H15NO3/c19-16(13-7-2-1-3-8-13)18-14-9-5-4-6-12(14)10-11-15(18)17(20)21/h1-9,15H,10-11H2,(H,20,21). The van der Waals surface area contributed by atoms with Gasteiger partial charge in [-0.3, -0.25) is 9.69 Å². The molecule has 0 aliphatic carbocycles. The highest BCUT2D eigenvalue weighted by atomic mass is 16.4. The maximum Gasteiger partial charge on any atom is 0.326 e. The van der Waals surface area contributed by atoms with Crippen LogP contribution in [0.2, 0.25) is 0 Å². The Morgan fingerprint density at radius 1 is 1.00 bits per heavy atom. The second kappa shape index (κ2) is 5.40. The molecule has 4 nitrogen and oxygen atoms in total. The molecule has 1 heterocycles. The minimum atomic E-state index is -0.964. The minimum Gasteiger partial charge on any atom is -0.480 e. The van der Waals surface area contributed by atoms with Gasteiger partial charge < -0.3 is 5.11 Å². The summed E-state index contributed by atoms with van der Waals surface area (Å²) >= 11 is 0. The number of nitrogens with zero attached hydrogens (tertiary/aromatic N) is 1. The first-order valence-corrected chi connectivity index (χ1v) is 6.88. The van der Waals surface area contributed by atoms with Crippen molar-refractivity contribution in [2.45, 2.75) is 18.9 Å². The third kappa shape index (κ3) is 2.40. The highest BCUT2D eigenvalue weighted by Gasteiger charge is 2.35. The van der Waals surface area contributed by atoms with Crippen LogP contribution in [0.25, 0.3) is 0 Å². The molecule has 0 bridgehead atoms. The van der Waals surface area contributed by atoms with Crippen molar-refractivity contribution in [3.8, 4) is 0 Å². The van der Waals surface area contributed by atoms with Crippen molar-refractivity contribution in [1.29, 1.82) is 0 Å². The zero-order valence-electron chi connectivity index (χ0n) is 11.4. The molecule has 0 saturated heterocycles. The van der Waals surface area contributed by atoms with Crippen LogP contribution in [0.15, 0.2) is 54.6 Å². The second-order valence-corrected chi connectivity index (χ2v) is 5.06. The number of fused-ring (bicyclic) bond motifs is 1. The zero-order valence-corrected chi connectivity index (χ0v) is 11.4. The van der Waals surface area contributed by atoms with Crippen molar-refractivity contribution >= 4 is 17.6 Å². The van der Waals surface area contributed by atoms with Crippen LogP contribution in [-0.2, 0) is 11.2 Å². The van der Waals surface area contributed by atoms with Gasteiger partial charge in [-0.1, -0.05) is 36.4 Å². The van der Waals surface area contributed by atoms with Gasteiger partial charge in [-0.2, -0.15) is 0 Å². The highest BCUT2D eigenvalue weighted by molar-refractivity contribution is 6.09. The first-order chi connectivity index (χ1) is 10.2. The number of benzene rings is 2. The molecular formula is C17H15NO3. The molecule has 1 unspecified atom stereocenters. The normalized spacial score (nSPS) is 17.1. The zero-order chi connectivity index (χ0) is 14.8. The number of hydrogen-bond acceptors (Lipinski definition) is 2. The Morgan fingerprint density at radius 2 is 1.67 bits per heavy atom. The maximum absolute atomic E-state index is 12.7. The van der Waals surface area contributed by atoms with E-state index in [4.69, 9.17) is 0 Å². The molecule has 0 fully saturated rings. The summed E-state index contributed by atoms with van der Waals surface area (Å²) in [6.07, 6.45) is 1.11. The number of aryl methyl sites for hydroxylation is 1. The number of para-hydroxylation sites is 1. The third-order valence-corrected chi connectivity index (χ3v) is 3.77. The summed E-state index contributed by atoms with van der Waals surface area (Å²) in [7, 11) is 0. The van der Waals surface area contributed by atoms with E-state index in [1.807, 2.05) is 30.3 Å². The Kier molecular flexibility index (Phi) is 3.44. The van der Waals surface area contributed by atoms with Crippen LogP contribution in [0.5, 0.6) is 0 Å². The predicted molar refractivity (Wildman–Crippen MR) is 79.4 cm³/mol. The molecule has 0 spiro atoms. The smallest absolute Gasteiger partial charge is 0.326 e. The fourth-order valence-electron chi connectivity index (χ4n) is 2.75. The lowest BCUT2D eigenvalue weighted by atomic mass is 9.95. The molecule has 106 valence electrons. The average Bonchev–Trinajstić information content (AvgIpc) is 2.53. The molecule has 1 aliphatic heterocycles. The molecule has 0 aromatic heterocycles. The summed E-state index contributed by atoms with van der Waals surface area (Å²) in [5.41, 5.74) is 2.21. The molecule has 1 atom stereocenters. The summed E-state index contributed by atoms with van der Waals surface area (Å²) in [5.74, 6) is -1.23. The van der Waals surface area contributed by atoms with Gasteiger partial charge in [0.05, 0.1) is 0 Å². The lowest BCUT2D eigenvalue weighted by Crippen LogP contribution is -2.48. The Labute approximate surface area is 122 Å². The Morgan fingerprint density at radius 3 is 2.38 bits per heavy atom. The summed E-state index contributed by atoms with van der Waals surface area (Å²) in [6, 6.07) is 15.5. The van der Waals surface area contributed by atoms with Crippen molar-refractivity contribution in [3.05, 3.63) is 65.7 Å². The van der Waals surface area contributed by atoms with Crippen LogP contribution in [-0.4, -0.2) is 23.0 Å². The van der Waals surface area contributed by atoms with Gasteiger partial charge in [-0.25, -0.2) is 4.79 Å². The van der Waals surface area contributed by atoms with Crippen LogP contribution in [0.1, 0.15) is 22.3 Å². The molecule has 0 saturated carbocycles. The van der Waals surface area contributed by atoms with Crippen LogP contribution >= 0.6 is 0 Å². The van der Waals surface area contributed by atoms with Crippen molar-refractivity contribution in [3.63, 3.8) is 0 Å². The van der Waals surface area contributed by atoms with E-state index in [9.17, 15) is 14.7 Å². The first kappa shape index (κ1) is 13.4. The molecule has 2 aromatic carbocycles.